The first-order chi connectivity index (χ1) is 16.4. The highest BCUT2D eigenvalue weighted by Gasteiger charge is 2.40. The quantitative estimate of drug-likeness (QED) is 0.226. The number of esters is 1. The highest BCUT2D eigenvalue weighted by molar-refractivity contribution is 7.99. The van der Waals surface area contributed by atoms with Crippen LogP contribution >= 0.6 is 23.4 Å². The smallest absolute Gasteiger partial charge is 0.338 e. The van der Waals surface area contributed by atoms with Gasteiger partial charge in [-0.1, -0.05) is 61.7 Å². The summed E-state index contributed by atoms with van der Waals surface area (Å²) in [6.45, 7) is 6.81. The Hall–Kier alpha value is -2.02. The zero-order valence-electron chi connectivity index (χ0n) is 20.2. The van der Waals surface area contributed by atoms with Crippen LogP contribution in [0.1, 0.15) is 73.9 Å². The first kappa shape index (κ1) is 26.6. The summed E-state index contributed by atoms with van der Waals surface area (Å²) in [7, 11) is 0. The zero-order chi connectivity index (χ0) is 24.5. The summed E-state index contributed by atoms with van der Waals surface area (Å²) in [5, 5.41) is 0.851. The second-order valence-electron chi connectivity index (χ2n) is 8.48. The monoisotopic (exact) mass is 503 g/mol. The van der Waals surface area contributed by atoms with Gasteiger partial charge in [0, 0.05) is 16.7 Å². The topological polar surface area (TPSA) is 55.8 Å². The van der Waals surface area contributed by atoms with Crippen LogP contribution in [0.3, 0.4) is 0 Å². The predicted octanol–water partition coefficient (Wildman–Crippen LogP) is 6.64. The van der Waals surface area contributed by atoms with Gasteiger partial charge in [-0.3, -0.25) is 4.79 Å². The van der Waals surface area contributed by atoms with Crippen LogP contribution in [0.25, 0.3) is 0 Å². The number of unbranched alkanes of at least 4 members (excludes halogenated alkanes) is 1. The van der Waals surface area contributed by atoms with Crippen molar-refractivity contribution in [2.24, 2.45) is 0 Å². The van der Waals surface area contributed by atoms with Gasteiger partial charge in [0.2, 0.25) is 5.91 Å². The Morgan fingerprint density at radius 2 is 1.91 bits per heavy atom. The molecule has 1 saturated heterocycles. The Labute approximate surface area is 212 Å². The molecule has 1 amide bonds. The molecule has 2 aromatic rings. The summed E-state index contributed by atoms with van der Waals surface area (Å²) >= 11 is 8.17. The van der Waals surface area contributed by atoms with Crippen molar-refractivity contribution in [1.29, 1.82) is 0 Å². The van der Waals surface area contributed by atoms with Crippen LogP contribution in [0.15, 0.2) is 48.5 Å². The fourth-order valence-corrected chi connectivity index (χ4v) is 5.62. The summed E-state index contributed by atoms with van der Waals surface area (Å²) in [4.78, 5) is 26.0. The van der Waals surface area contributed by atoms with E-state index in [0.29, 0.717) is 25.2 Å². The molecule has 1 aliphatic heterocycles. The molecule has 34 heavy (non-hydrogen) atoms. The molecule has 0 spiro atoms. The lowest BCUT2D eigenvalue weighted by molar-refractivity contribution is -0.161. The molecule has 1 heterocycles. The number of hydrogen-bond donors (Lipinski definition) is 0. The second-order valence-corrected chi connectivity index (χ2v) is 10.1. The maximum atomic E-state index is 12.4. The van der Waals surface area contributed by atoms with Crippen molar-refractivity contribution in [3.63, 3.8) is 0 Å². The van der Waals surface area contributed by atoms with Crippen LogP contribution in [-0.2, 0) is 20.0 Å². The predicted molar refractivity (Wildman–Crippen MR) is 138 cm³/mol. The lowest BCUT2D eigenvalue weighted by Gasteiger charge is -2.44. The van der Waals surface area contributed by atoms with E-state index in [1.54, 1.807) is 30.8 Å². The summed E-state index contributed by atoms with van der Waals surface area (Å²) in [6, 6.07) is 15.4. The van der Waals surface area contributed by atoms with Crippen LogP contribution in [0.4, 0.5) is 0 Å². The third kappa shape index (κ3) is 7.00. The van der Waals surface area contributed by atoms with Gasteiger partial charge in [0.05, 0.1) is 30.6 Å². The van der Waals surface area contributed by atoms with Gasteiger partial charge in [-0.2, -0.15) is 0 Å². The number of rotatable bonds is 13. The number of nitrogens with zero attached hydrogens (tertiary/aromatic N) is 1. The number of thioether (sulfide) groups is 1. The van der Waals surface area contributed by atoms with E-state index >= 15 is 0 Å². The van der Waals surface area contributed by atoms with E-state index in [0.717, 1.165) is 41.2 Å². The molecule has 0 bridgehead atoms. The van der Waals surface area contributed by atoms with Crippen molar-refractivity contribution in [2.45, 2.75) is 69.7 Å². The van der Waals surface area contributed by atoms with E-state index in [2.05, 4.69) is 13.0 Å². The molecule has 2 aromatic carbocycles. The highest BCUT2D eigenvalue weighted by Crippen LogP contribution is 2.35. The van der Waals surface area contributed by atoms with Gasteiger partial charge in [-0.15, -0.1) is 11.8 Å². The molecule has 3 unspecified atom stereocenters. The summed E-state index contributed by atoms with van der Waals surface area (Å²) in [5.74, 6) is 0.766. The van der Waals surface area contributed by atoms with Crippen molar-refractivity contribution >= 4 is 35.2 Å². The van der Waals surface area contributed by atoms with E-state index in [1.165, 1.54) is 0 Å². The Morgan fingerprint density at radius 1 is 1.18 bits per heavy atom. The minimum Gasteiger partial charge on any atom is -0.462 e. The van der Waals surface area contributed by atoms with Crippen molar-refractivity contribution in [3.05, 3.63) is 70.2 Å². The minimum absolute atomic E-state index is 0.0849. The van der Waals surface area contributed by atoms with E-state index in [1.807, 2.05) is 42.2 Å². The fourth-order valence-electron chi connectivity index (χ4n) is 4.04. The molecular weight excluding hydrogens is 470 g/mol. The number of carbonyl (C=O) groups excluding carboxylic acids is 2. The molecule has 3 atom stereocenters. The molecule has 0 radical (unpaired) electrons. The molecule has 1 aliphatic rings. The standard InChI is InChI=1S/C27H34ClNO4S/c1-4-6-9-22(23-10-7-8-11-24(23)28)17-33-19(3)29-25(30)16-26(29)34-18-20-12-14-21(15-13-20)27(31)32-5-2/h7-8,10-15,19,22,26H,4-6,9,16-18H2,1-3H3. The van der Waals surface area contributed by atoms with Crippen LogP contribution in [0.5, 0.6) is 0 Å². The summed E-state index contributed by atoms with van der Waals surface area (Å²) in [6.07, 6.45) is 3.44. The van der Waals surface area contributed by atoms with E-state index in [9.17, 15) is 9.59 Å². The number of hydrogen-bond acceptors (Lipinski definition) is 5. The SMILES string of the molecule is CCCCC(COC(C)N1C(=O)CC1SCc1ccc(C(=O)OCC)cc1)c1ccccc1Cl. The average molecular weight is 504 g/mol. The van der Waals surface area contributed by atoms with Gasteiger partial charge in [0.15, 0.2) is 0 Å². The van der Waals surface area contributed by atoms with Crippen LogP contribution < -0.4 is 0 Å². The fraction of sp³-hybridized carbons (Fsp3) is 0.481. The largest absolute Gasteiger partial charge is 0.462 e. The highest BCUT2D eigenvalue weighted by atomic mass is 35.5. The molecule has 0 saturated carbocycles. The summed E-state index contributed by atoms with van der Waals surface area (Å²) in [5.41, 5.74) is 2.76. The maximum absolute atomic E-state index is 12.4. The number of benzene rings is 2. The number of halogens is 1. The van der Waals surface area contributed by atoms with Gasteiger partial charge in [-0.25, -0.2) is 4.79 Å². The first-order valence-corrected chi connectivity index (χ1v) is 13.4. The van der Waals surface area contributed by atoms with Crippen molar-refractivity contribution in [1.82, 2.24) is 4.90 Å². The van der Waals surface area contributed by atoms with Crippen LogP contribution in [0.2, 0.25) is 5.02 Å². The first-order valence-electron chi connectivity index (χ1n) is 12.0. The van der Waals surface area contributed by atoms with Gasteiger partial charge in [0.25, 0.3) is 0 Å². The Kier molecular flexibility index (Phi) is 10.3. The molecule has 1 fully saturated rings. The van der Waals surface area contributed by atoms with Crippen LogP contribution in [0, 0.1) is 0 Å². The van der Waals surface area contributed by atoms with E-state index in [-0.39, 0.29) is 29.4 Å². The van der Waals surface area contributed by atoms with Crippen molar-refractivity contribution in [3.8, 4) is 0 Å². The van der Waals surface area contributed by atoms with Gasteiger partial charge in [0.1, 0.15) is 6.23 Å². The van der Waals surface area contributed by atoms with Crippen molar-refractivity contribution < 1.29 is 19.1 Å². The average Bonchev–Trinajstić information content (AvgIpc) is 2.82. The number of likely N-dealkylation sites (tertiary alicyclic amines) is 1. The normalized spacial score (nSPS) is 17.2. The molecule has 0 aromatic heterocycles. The van der Waals surface area contributed by atoms with Crippen molar-refractivity contribution in [2.75, 3.05) is 13.2 Å². The zero-order valence-corrected chi connectivity index (χ0v) is 21.7. The second kappa shape index (κ2) is 13.2. The van der Waals surface area contributed by atoms with Gasteiger partial charge >= 0.3 is 5.97 Å². The van der Waals surface area contributed by atoms with E-state index in [4.69, 9.17) is 21.1 Å². The molecule has 0 aliphatic carbocycles. The van der Waals surface area contributed by atoms with Crippen LogP contribution in [-0.4, -0.2) is 41.6 Å². The van der Waals surface area contributed by atoms with Gasteiger partial charge < -0.3 is 14.4 Å². The summed E-state index contributed by atoms with van der Waals surface area (Å²) < 4.78 is 11.2. The Morgan fingerprint density at radius 3 is 2.56 bits per heavy atom. The van der Waals surface area contributed by atoms with E-state index < -0.39 is 0 Å². The molecule has 5 nitrogen and oxygen atoms in total. The third-order valence-corrected chi connectivity index (χ3v) is 7.66. The molecular formula is C27H34ClNO4S. The molecule has 7 heteroatoms. The maximum Gasteiger partial charge on any atom is 0.338 e. The number of carbonyl (C=O) groups is 2. The Bertz CT molecular complexity index is 952. The molecule has 0 N–H and O–H groups in total. The Balaban J connectivity index is 1.53. The molecule has 3 rings (SSSR count). The number of amides is 1. The van der Waals surface area contributed by atoms with Gasteiger partial charge in [-0.05, 0) is 49.6 Å². The lowest BCUT2D eigenvalue weighted by Crippen LogP contribution is -2.56. The minimum atomic E-state index is -0.308. The third-order valence-electron chi connectivity index (χ3n) is 6.04. The molecule has 184 valence electrons. The number of ether oxygens (including phenoxy) is 2. The number of β-lactam (4-membered cyclic amide) rings is 1. The lowest BCUT2D eigenvalue weighted by atomic mass is 9.94.